The minimum Gasteiger partial charge on any atom is -0.320 e. The molecule has 100 valence electrons. The summed E-state index contributed by atoms with van der Waals surface area (Å²) in [7, 11) is 0. The molecule has 1 heterocycles. The molecule has 0 atom stereocenters. The molecule has 0 aliphatic rings. The first-order chi connectivity index (χ1) is 8.44. The van der Waals surface area contributed by atoms with E-state index in [4.69, 9.17) is 5.73 Å². The van der Waals surface area contributed by atoms with Crippen LogP contribution in [0.15, 0.2) is 12.1 Å². The highest BCUT2D eigenvalue weighted by atomic mass is 32.1. The molecule has 0 bridgehead atoms. The van der Waals surface area contributed by atoms with E-state index in [0.29, 0.717) is 13.1 Å². The first-order valence-corrected chi connectivity index (χ1v) is 6.33. The van der Waals surface area contributed by atoms with Crippen LogP contribution < -0.4 is 5.73 Å². The van der Waals surface area contributed by atoms with Crippen molar-refractivity contribution in [2.75, 3.05) is 19.6 Å². The molecule has 0 aliphatic heterocycles. The van der Waals surface area contributed by atoms with Crippen LogP contribution in [0.25, 0.3) is 0 Å². The predicted octanol–water partition coefficient (Wildman–Crippen LogP) is 2.44. The second-order valence-corrected chi connectivity index (χ2v) is 4.86. The number of halogens is 3. The fourth-order valence-electron chi connectivity index (χ4n) is 1.42. The van der Waals surface area contributed by atoms with Crippen molar-refractivity contribution >= 4 is 11.3 Å². The predicted molar refractivity (Wildman–Crippen MR) is 67.3 cm³/mol. The topological polar surface area (TPSA) is 29.3 Å². The molecule has 18 heavy (non-hydrogen) atoms. The maximum absolute atomic E-state index is 12.3. The minimum atomic E-state index is -4.16. The molecule has 0 spiro atoms. The molecule has 0 radical (unpaired) electrons. The molecular formula is C12H15F3N2S. The van der Waals surface area contributed by atoms with Gasteiger partial charge in [-0.05, 0) is 18.7 Å². The number of hydrogen-bond donors (Lipinski definition) is 1. The number of rotatable bonds is 4. The van der Waals surface area contributed by atoms with Crippen LogP contribution in [0, 0.1) is 11.8 Å². The average Bonchev–Trinajstić information content (AvgIpc) is 2.71. The second-order valence-electron chi connectivity index (χ2n) is 3.69. The molecule has 0 saturated heterocycles. The van der Waals surface area contributed by atoms with Crippen molar-refractivity contribution in [1.82, 2.24) is 4.90 Å². The zero-order valence-electron chi connectivity index (χ0n) is 10.0. The summed E-state index contributed by atoms with van der Waals surface area (Å²) in [4.78, 5) is 3.06. The molecule has 2 N–H and O–H groups in total. The molecule has 1 aromatic heterocycles. The van der Waals surface area contributed by atoms with Gasteiger partial charge >= 0.3 is 6.18 Å². The lowest BCUT2D eigenvalue weighted by atomic mass is 10.3. The average molecular weight is 276 g/mol. The highest BCUT2D eigenvalue weighted by molar-refractivity contribution is 7.12. The summed E-state index contributed by atoms with van der Waals surface area (Å²) in [6, 6.07) is 3.62. The first-order valence-electron chi connectivity index (χ1n) is 5.51. The number of nitrogens with two attached hydrogens (primary N) is 1. The summed E-state index contributed by atoms with van der Waals surface area (Å²) >= 11 is 1.40. The Morgan fingerprint density at radius 3 is 2.67 bits per heavy atom. The van der Waals surface area contributed by atoms with E-state index in [1.54, 1.807) is 6.92 Å². The maximum atomic E-state index is 12.3. The third-order valence-corrected chi connectivity index (χ3v) is 3.19. The zero-order chi connectivity index (χ0) is 13.6. The molecule has 2 nitrogen and oxygen atoms in total. The molecule has 1 rings (SSSR count). The summed E-state index contributed by atoms with van der Waals surface area (Å²) in [5, 5.41) is 0. The lowest BCUT2D eigenvalue weighted by Gasteiger charge is -2.20. The summed E-state index contributed by atoms with van der Waals surface area (Å²) in [5.41, 5.74) is 5.25. The van der Waals surface area contributed by atoms with E-state index in [0.717, 1.165) is 9.75 Å². The monoisotopic (exact) mass is 276 g/mol. The van der Waals surface area contributed by atoms with Gasteiger partial charge in [0.05, 0.1) is 18.0 Å². The third kappa shape index (κ3) is 5.54. The molecule has 0 fully saturated rings. The fraction of sp³-hybridized carbons (Fsp3) is 0.500. The van der Waals surface area contributed by atoms with E-state index in [9.17, 15) is 13.2 Å². The van der Waals surface area contributed by atoms with E-state index >= 15 is 0 Å². The van der Waals surface area contributed by atoms with E-state index in [1.807, 2.05) is 12.1 Å². The first kappa shape index (κ1) is 15.0. The Bertz CT molecular complexity index is 429. The fourth-order valence-corrected chi connectivity index (χ4v) is 2.35. The smallest absolute Gasteiger partial charge is 0.320 e. The van der Waals surface area contributed by atoms with Gasteiger partial charge in [0, 0.05) is 11.4 Å². The Kier molecular flexibility index (Phi) is 5.66. The molecule has 0 amide bonds. The lowest BCUT2D eigenvalue weighted by molar-refractivity contribution is -0.146. The SMILES string of the molecule is CCN(Cc1ccc(C#CCN)s1)CC(F)(F)F. The molecular weight excluding hydrogens is 261 g/mol. The summed E-state index contributed by atoms with van der Waals surface area (Å²) in [5.74, 6) is 5.59. The van der Waals surface area contributed by atoms with Crippen molar-refractivity contribution < 1.29 is 13.2 Å². The quantitative estimate of drug-likeness (QED) is 0.856. The van der Waals surface area contributed by atoms with Crippen LogP contribution in [0.4, 0.5) is 13.2 Å². The van der Waals surface area contributed by atoms with Crippen molar-refractivity contribution in [3.63, 3.8) is 0 Å². The highest BCUT2D eigenvalue weighted by Gasteiger charge is 2.30. The van der Waals surface area contributed by atoms with Crippen LogP contribution in [0.5, 0.6) is 0 Å². The van der Waals surface area contributed by atoms with Crippen LogP contribution in [-0.2, 0) is 6.54 Å². The van der Waals surface area contributed by atoms with E-state index in [2.05, 4.69) is 11.8 Å². The summed E-state index contributed by atoms with van der Waals surface area (Å²) in [6.45, 7) is 1.77. The standard InChI is InChI=1S/C12H15F3N2S/c1-2-17(9-12(13,14)15)8-11-6-5-10(18-11)4-3-7-16/h5-6H,2,7-9,16H2,1H3. The van der Waals surface area contributed by atoms with Gasteiger partial charge in [-0.15, -0.1) is 11.3 Å². The van der Waals surface area contributed by atoms with Crippen molar-refractivity contribution in [3.8, 4) is 11.8 Å². The minimum absolute atomic E-state index is 0.280. The normalized spacial score (nSPS) is 11.4. The van der Waals surface area contributed by atoms with Crippen LogP contribution in [0.1, 0.15) is 16.7 Å². The maximum Gasteiger partial charge on any atom is 0.401 e. The van der Waals surface area contributed by atoms with Gasteiger partial charge in [0.2, 0.25) is 0 Å². The van der Waals surface area contributed by atoms with Crippen LogP contribution >= 0.6 is 11.3 Å². The summed E-state index contributed by atoms with van der Waals surface area (Å²) in [6.07, 6.45) is -4.16. The van der Waals surface area contributed by atoms with Gasteiger partial charge in [-0.25, -0.2) is 0 Å². The largest absolute Gasteiger partial charge is 0.401 e. The molecule has 0 aromatic carbocycles. The van der Waals surface area contributed by atoms with Crippen molar-refractivity contribution in [2.24, 2.45) is 5.73 Å². The van der Waals surface area contributed by atoms with Gasteiger partial charge in [0.25, 0.3) is 0 Å². The van der Waals surface area contributed by atoms with Gasteiger partial charge in [-0.1, -0.05) is 18.8 Å². The Labute approximate surface area is 109 Å². The molecule has 1 aromatic rings. The number of alkyl halides is 3. The Balaban J connectivity index is 2.62. The molecule has 0 unspecified atom stereocenters. The van der Waals surface area contributed by atoms with Crippen molar-refractivity contribution in [3.05, 3.63) is 21.9 Å². The van der Waals surface area contributed by atoms with Gasteiger partial charge in [-0.2, -0.15) is 13.2 Å². The van der Waals surface area contributed by atoms with E-state index < -0.39 is 12.7 Å². The van der Waals surface area contributed by atoms with Crippen LogP contribution in [0.3, 0.4) is 0 Å². The molecule has 6 heteroatoms. The number of hydrogen-bond acceptors (Lipinski definition) is 3. The Morgan fingerprint density at radius 2 is 2.11 bits per heavy atom. The third-order valence-electron chi connectivity index (χ3n) is 2.20. The van der Waals surface area contributed by atoms with Crippen LogP contribution in [-0.4, -0.2) is 30.7 Å². The Hall–Kier alpha value is -1.03. The van der Waals surface area contributed by atoms with Gasteiger partial charge < -0.3 is 5.73 Å². The molecule has 0 aliphatic carbocycles. The van der Waals surface area contributed by atoms with Crippen LogP contribution in [0.2, 0.25) is 0 Å². The highest BCUT2D eigenvalue weighted by Crippen LogP contribution is 2.21. The van der Waals surface area contributed by atoms with Gasteiger partial charge in [0.1, 0.15) is 0 Å². The van der Waals surface area contributed by atoms with Gasteiger partial charge in [-0.3, -0.25) is 4.90 Å². The molecule has 0 saturated carbocycles. The van der Waals surface area contributed by atoms with E-state index in [-0.39, 0.29) is 6.54 Å². The van der Waals surface area contributed by atoms with E-state index in [1.165, 1.54) is 16.2 Å². The number of nitrogens with zero attached hydrogens (tertiary/aromatic N) is 1. The number of thiophene rings is 1. The zero-order valence-corrected chi connectivity index (χ0v) is 10.9. The van der Waals surface area contributed by atoms with Crippen molar-refractivity contribution in [2.45, 2.75) is 19.6 Å². The summed E-state index contributed by atoms with van der Waals surface area (Å²) < 4.78 is 36.9. The van der Waals surface area contributed by atoms with Crippen molar-refractivity contribution in [1.29, 1.82) is 0 Å². The lowest BCUT2D eigenvalue weighted by Crippen LogP contribution is -2.33. The van der Waals surface area contributed by atoms with Gasteiger partial charge in [0.15, 0.2) is 0 Å². The Morgan fingerprint density at radius 1 is 1.39 bits per heavy atom. The second kappa shape index (κ2) is 6.78.